The van der Waals surface area contributed by atoms with Gasteiger partial charge in [0.15, 0.2) is 0 Å². The second-order valence-corrected chi connectivity index (χ2v) is 5.99. The highest BCUT2D eigenvalue weighted by atomic mass is 79.9. The summed E-state index contributed by atoms with van der Waals surface area (Å²) in [6.07, 6.45) is -0.401. The third-order valence-corrected chi connectivity index (χ3v) is 3.98. The van der Waals surface area contributed by atoms with Crippen molar-refractivity contribution in [2.24, 2.45) is 0 Å². The molecule has 0 aromatic heterocycles. The van der Waals surface area contributed by atoms with E-state index in [-0.39, 0.29) is 5.56 Å². The molecule has 0 aliphatic rings. The Hall–Kier alpha value is -1.47. The maximum absolute atomic E-state index is 13.5. The molecule has 7 heteroatoms. The third-order valence-electron chi connectivity index (χ3n) is 2.73. The number of anilines is 2. The van der Waals surface area contributed by atoms with Crippen LogP contribution in [0.25, 0.3) is 0 Å². The molecule has 0 heterocycles. The summed E-state index contributed by atoms with van der Waals surface area (Å²) in [6.45, 7) is 0. The minimum absolute atomic E-state index is 0.266. The predicted octanol–water partition coefficient (Wildman–Crippen LogP) is 4.25. The monoisotopic (exact) mass is 418 g/mol. The summed E-state index contributed by atoms with van der Waals surface area (Å²) >= 11 is 6.54. The highest BCUT2D eigenvalue weighted by Crippen LogP contribution is 2.33. The Morgan fingerprint density at radius 3 is 2.19 bits per heavy atom. The van der Waals surface area contributed by atoms with Crippen molar-refractivity contribution in [2.45, 2.75) is 6.42 Å². The minimum Gasteiger partial charge on any atom is -0.399 e. The molecular weight excluding hydrogens is 410 g/mol. The van der Waals surface area contributed by atoms with E-state index in [0.29, 0.717) is 20.3 Å². The molecule has 0 unspecified atom stereocenters. The van der Waals surface area contributed by atoms with Crippen molar-refractivity contribution in [2.75, 3.05) is 11.1 Å². The Bertz CT molecular complexity index is 664. The lowest BCUT2D eigenvalue weighted by Crippen LogP contribution is -2.17. The second kappa shape index (κ2) is 6.53. The summed E-state index contributed by atoms with van der Waals surface area (Å²) in [4.78, 5) is 12.0. The summed E-state index contributed by atoms with van der Waals surface area (Å²) in [6, 6.07) is 6.70. The van der Waals surface area contributed by atoms with E-state index in [1.54, 1.807) is 12.1 Å². The first-order valence-electron chi connectivity index (χ1n) is 5.85. The first kappa shape index (κ1) is 15.9. The van der Waals surface area contributed by atoms with Gasteiger partial charge in [0.1, 0.15) is 11.6 Å². The molecule has 0 spiro atoms. The summed E-state index contributed by atoms with van der Waals surface area (Å²) < 4.78 is 28.1. The molecule has 0 aliphatic heterocycles. The zero-order chi connectivity index (χ0) is 15.6. The van der Waals surface area contributed by atoms with Crippen LogP contribution in [0.4, 0.5) is 20.2 Å². The van der Waals surface area contributed by atoms with Gasteiger partial charge in [-0.1, -0.05) is 6.07 Å². The molecule has 0 radical (unpaired) electrons. The van der Waals surface area contributed by atoms with Crippen LogP contribution in [-0.4, -0.2) is 5.91 Å². The number of hydrogen-bond acceptors (Lipinski definition) is 2. The van der Waals surface area contributed by atoms with E-state index in [4.69, 9.17) is 5.73 Å². The van der Waals surface area contributed by atoms with Crippen molar-refractivity contribution in [3.8, 4) is 0 Å². The number of rotatable bonds is 3. The van der Waals surface area contributed by atoms with Gasteiger partial charge in [-0.2, -0.15) is 0 Å². The molecule has 21 heavy (non-hydrogen) atoms. The average Bonchev–Trinajstić information content (AvgIpc) is 2.38. The fourth-order valence-electron chi connectivity index (χ4n) is 1.76. The zero-order valence-corrected chi connectivity index (χ0v) is 13.8. The molecule has 0 aliphatic carbocycles. The maximum Gasteiger partial charge on any atom is 0.229 e. The van der Waals surface area contributed by atoms with Gasteiger partial charge in [0.2, 0.25) is 5.91 Å². The smallest absolute Gasteiger partial charge is 0.229 e. The van der Waals surface area contributed by atoms with Gasteiger partial charge >= 0.3 is 0 Å². The van der Waals surface area contributed by atoms with Crippen LogP contribution in [0.5, 0.6) is 0 Å². The lowest BCUT2D eigenvalue weighted by molar-refractivity contribution is -0.115. The van der Waals surface area contributed by atoms with Crippen LogP contribution in [0.1, 0.15) is 5.56 Å². The number of carbonyl (C=O) groups excluding carboxylic acids is 1. The Labute approximate surface area is 136 Å². The van der Waals surface area contributed by atoms with Crippen molar-refractivity contribution in [1.82, 2.24) is 0 Å². The normalized spacial score (nSPS) is 10.5. The van der Waals surface area contributed by atoms with Crippen LogP contribution in [0.15, 0.2) is 39.3 Å². The number of hydrogen-bond donors (Lipinski definition) is 2. The van der Waals surface area contributed by atoms with Crippen LogP contribution in [-0.2, 0) is 11.2 Å². The van der Waals surface area contributed by atoms with Crippen molar-refractivity contribution in [1.29, 1.82) is 0 Å². The average molecular weight is 420 g/mol. The zero-order valence-electron chi connectivity index (χ0n) is 10.6. The molecule has 0 fully saturated rings. The van der Waals surface area contributed by atoms with E-state index in [1.807, 2.05) is 0 Å². The topological polar surface area (TPSA) is 55.1 Å². The molecule has 2 rings (SSSR count). The summed E-state index contributed by atoms with van der Waals surface area (Å²) in [7, 11) is 0. The van der Waals surface area contributed by atoms with Crippen LogP contribution in [0.2, 0.25) is 0 Å². The van der Waals surface area contributed by atoms with E-state index >= 15 is 0 Å². The molecule has 2 aromatic rings. The van der Waals surface area contributed by atoms with Crippen molar-refractivity contribution in [3.63, 3.8) is 0 Å². The summed E-state index contributed by atoms with van der Waals surface area (Å²) in [5, 5.41) is 2.59. The highest BCUT2D eigenvalue weighted by Gasteiger charge is 2.15. The van der Waals surface area contributed by atoms with E-state index in [9.17, 15) is 13.6 Å². The van der Waals surface area contributed by atoms with E-state index in [0.717, 1.165) is 12.1 Å². The molecule has 0 bridgehead atoms. The number of halogens is 4. The lowest BCUT2D eigenvalue weighted by atomic mass is 10.1. The Kier molecular flexibility index (Phi) is 4.95. The number of nitrogens with one attached hydrogen (secondary N) is 1. The van der Waals surface area contributed by atoms with Crippen LogP contribution in [0.3, 0.4) is 0 Å². The summed E-state index contributed by atoms with van der Waals surface area (Å²) in [5.41, 5.74) is 6.34. The van der Waals surface area contributed by atoms with E-state index in [2.05, 4.69) is 37.2 Å². The van der Waals surface area contributed by atoms with Gasteiger partial charge in [0, 0.05) is 20.2 Å². The number of nitrogens with two attached hydrogens (primary N) is 1. The molecule has 1 amide bonds. The standard InChI is InChI=1S/C14H10Br2F2N2O/c15-9-4-7(19)5-10(16)14(9)20-13(21)6-8-11(17)2-1-3-12(8)18/h1-5H,6,19H2,(H,20,21). The molecule has 0 atom stereocenters. The van der Waals surface area contributed by atoms with Crippen molar-refractivity contribution >= 4 is 49.1 Å². The number of amides is 1. The maximum atomic E-state index is 13.5. The third kappa shape index (κ3) is 3.79. The molecular formula is C14H10Br2F2N2O. The molecule has 110 valence electrons. The lowest BCUT2D eigenvalue weighted by Gasteiger charge is -2.11. The molecule has 0 saturated heterocycles. The van der Waals surface area contributed by atoms with Crippen LogP contribution >= 0.6 is 31.9 Å². The van der Waals surface area contributed by atoms with E-state index < -0.39 is 24.0 Å². The quantitative estimate of drug-likeness (QED) is 0.730. The first-order valence-corrected chi connectivity index (χ1v) is 7.44. The van der Waals surface area contributed by atoms with Gasteiger partial charge in [-0.05, 0) is 56.1 Å². The van der Waals surface area contributed by atoms with Gasteiger partial charge in [0.25, 0.3) is 0 Å². The highest BCUT2D eigenvalue weighted by molar-refractivity contribution is 9.11. The van der Waals surface area contributed by atoms with Gasteiger partial charge in [-0.25, -0.2) is 8.78 Å². The number of benzene rings is 2. The molecule has 3 nitrogen and oxygen atoms in total. The Balaban J connectivity index is 2.20. The largest absolute Gasteiger partial charge is 0.399 e. The van der Waals surface area contributed by atoms with E-state index in [1.165, 1.54) is 6.07 Å². The van der Waals surface area contributed by atoms with Gasteiger partial charge in [-0.3, -0.25) is 4.79 Å². The Morgan fingerprint density at radius 1 is 1.14 bits per heavy atom. The number of carbonyl (C=O) groups is 1. The van der Waals surface area contributed by atoms with Crippen LogP contribution < -0.4 is 11.1 Å². The fourth-order valence-corrected chi connectivity index (χ4v) is 3.18. The van der Waals surface area contributed by atoms with Gasteiger partial charge < -0.3 is 11.1 Å². The van der Waals surface area contributed by atoms with Crippen molar-refractivity contribution in [3.05, 3.63) is 56.5 Å². The van der Waals surface area contributed by atoms with Crippen LogP contribution in [0, 0.1) is 11.6 Å². The number of nitrogen functional groups attached to an aromatic ring is 1. The first-order chi connectivity index (χ1) is 9.88. The van der Waals surface area contributed by atoms with Crippen molar-refractivity contribution < 1.29 is 13.6 Å². The predicted molar refractivity (Wildman–Crippen MR) is 84.9 cm³/mol. The molecule has 3 N–H and O–H groups in total. The molecule has 2 aromatic carbocycles. The second-order valence-electron chi connectivity index (χ2n) is 4.28. The minimum atomic E-state index is -0.749. The fraction of sp³-hybridized carbons (Fsp3) is 0.0714. The summed E-state index contributed by atoms with van der Waals surface area (Å²) in [5.74, 6) is -2.04. The van der Waals surface area contributed by atoms with Gasteiger partial charge in [0.05, 0.1) is 12.1 Å². The SMILES string of the molecule is Nc1cc(Br)c(NC(=O)Cc2c(F)cccc2F)c(Br)c1. The molecule has 0 saturated carbocycles. The Morgan fingerprint density at radius 2 is 1.67 bits per heavy atom. The van der Waals surface area contributed by atoms with Gasteiger partial charge in [-0.15, -0.1) is 0 Å².